The molecule has 0 amide bonds. The van der Waals surface area contributed by atoms with Crippen molar-refractivity contribution in [3.8, 4) is 34.3 Å². The monoisotopic (exact) mass is 349 g/mol. The van der Waals surface area contributed by atoms with Gasteiger partial charge in [-0.05, 0) is 35.9 Å². The molecule has 0 radical (unpaired) electrons. The van der Waals surface area contributed by atoms with Gasteiger partial charge < -0.3 is 9.26 Å². The van der Waals surface area contributed by atoms with Gasteiger partial charge in [-0.1, -0.05) is 30.3 Å². The van der Waals surface area contributed by atoms with E-state index in [1.807, 2.05) is 18.2 Å². The fourth-order valence-corrected chi connectivity index (χ4v) is 2.48. The standard InChI is InChI=1S/C19H12FN3O3/c20-13-8-6-12(7-9-13)16-17(23-26-18(16)24)15-10-11-21-19(22-15)25-14-4-2-1-3-5-14/h1-11,23H. The smallest absolute Gasteiger partial charge is 0.365 e. The van der Waals surface area contributed by atoms with Crippen molar-refractivity contribution < 1.29 is 13.7 Å². The molecular formula is C19H12FN3O3. The first-order chi connectivity index (χ1) is 12.7. The molecule has 0 bridgehead atoms. The summed E-state index contributed by atoms with van der Waals surface area (Å²) in [5.74, 6) is 0.194. The summed E-state index contributed by atoms with van der Waals surface area (Å²) in [6.45, 7) is 0. The molecule has 2 aromatic heterocycles. The molecule has 0 atom stereocenters. The third-order valence-electron chi connectivity index (χ3n) is 3.67. The zero-order valence-corrected chi connectivity index (χ0v) is 13.3. The van der Waals surface area contributed by atoms with Gasteiger partial charge in [-0.3, -0.25) is 0 Å². The molecule has 4 aromatic rings. The molecular weight excluding hydrogens is 337 g/mol. The fraction of sp³-hybridized carbons (Fsp3) is 0. The van der Waals surface area contributed by atoms with E-state index < -0.39 is 11.4 Å². The van der Waals surface area contributed by atoms with Crippen LogP contribution in [0.5, 0.6) is 11.8 Å². The molecule has 6 nitrogen and oxygen atoms in total. The van der Waals surface area contributed by atoms with Crippen molar-refractivity contribution in [3.63, 3.8) is 0 Å². The van der Waals surface area contributed by atoms with Crippen LogP contribution in [-0.2, 0) is 0 Å². The van der Waals surface area contributed by atoms with Crippen LogP contribution in [0.15, 0.2) is 76.2 Å². The van der Waals surface area contributed by atoms with Gasteiger partial charge in [0.25, 0.3) is 0 Å². The van der Waals surface area contributed by atoms with Crippen molar-refractivity contribution in [1.82, 2.24) is 15.1 Å². The van der Waals surface area contributed by atoms with Crippen molar-refractivity contribution in [3.05, 3.63) is 83.1 Å². The van der Waals surface area contributed by atoms with Crippen molar-refractivity contribution in [2.24, 2.45) is 0 Å². The van der Waals surface area contributed by atoms with Crippen molar-refractivity contribution >= 4 is 0 Å². The molecule has 0 fully saturated rings. The van der Waals surface area contributed by atoms with E-state index >= 15 is 0 Å². The number of hydrogen-bond acceptors (Lipinski definition) is 5. The normalized spacial score (nSPS) is 10.7. The third kappa shape index (κ3) is 3.10. The summed E-state index contributed by atoms with van der Waals surface area (Å²) in [6.07, 6.45) is 1.51. The summed E-state index contributed by atoms with van der Waals surface area (Å²) in [7, 11) is 0. The lowest BCUT2D eigenvalue weighted by molar-refractivity contribution is 0.394. The van der Waals surface area contributed by atoms with E-state index in [0.29, 0.717) is 22.7 Å². The highest BCUT2D eigenvalue weighted by Crippen LogP contribution is 2.28. The highest BCUT2D eigenvalue weighted by Gasteiger charge is 2.18. The first-order valence-electron chi connectivity index (χ1n) is 7.74. The number of aromatic amines is 1. The molecule has 0 unspecified atom stereocenters. The minimum absolute atomic E-state index is 0.126. The Bertz CT molecular complexity index is 1090. The number of rotatable bonds is 4. The molecule has 0 aliphatic carbocycles. The lowest BCUT2D eigenvalue weighted by atomic mass is 10.0. The van der Waals surface area contributed by atoms with E-state index in [9.17, 15) is 9.18 Å². The maximum atomic E-state index is 13.2. The SMILES string of the molecule is O=c1o[nH]c(-c2ccnc(Oc3ccccc3)n2)c1-c1ccc(F)cc1. The van der Waals surface area contributed by atoms with Gasteiger partial charge in [-0.25, -0.2) is 19.3 Å². The molecule has 2 aromatic carbocycles. The second-order valence-electron chi connectivity index (χ2n) is 5.39. The predicted molar refractivity (Wildman–Crippen MR) is 92.3 cm³/mol. The number of aromatic nitrogens is 3. The maximum Gasteiger partial charge on any atom is 0.365 e. The van der Waals surface area contributed by atoms with Crippen LogP contribution in [0.1, 0.15) is 0 Å². The Morgan fingerprint density at radius 1 is 1.00 bits per heavy atom. The predicted octanol–water partition coefficient (Wildman–Crippen LogP) is 4.02. The molecule has 0 saturated heterocycles. The minimum Gasteiger partial charge on any atom is -0.424 e. The molecule has 0 aliphatic heterocycles. The van der Waals surface area contributed by atoms with E-state index in [1.54, 1.807) is 18.2 Å². The Balaban J connectivity index is 1.74. The molecule has 128 valence electrons. The third-order valence-corrected chi connectivity index (χ3v) is 3.67. The largest absolute Gasteiger partial charge is 0.424 e. The lowest BCUT2D eigenvalue weighted by Crippen LogP contribution is -1.99. The van der Waals surface area contributed by atoms with Crippen molar-refractivity contribution in [2.45, 2.75) is 0 Å². The van der Waals surface area contributed by atoms with Crippen LogP contribution in [-0.4, -0.2) is 15.1 Å². The number of H-pyrrole nitrogens is 1. The van der Waals surface area contributed by atoms with Crippen LogP contribution in [0.4, 0.5) is 4.39 Å². The topological polar surface area (TPSA) is 81.0 Å². The van der Waals surface area contributed by atoms with E-state index in [-0.39, 0.29) is 11.6 Å². The maximum absolute atomic E-state index is 13.2. The van der Waals surface area contributed by atoms with Gasteiger partial charge in [0.15, 0.2) is 0 Å². The second kappa shape index (κ2) is 6.64. The van der Waals surface area contributed by atoms with Crippen LogP contribution in [0.3, 0.4) is 0 Å². The van der Waals surface area contributed by atoms with Gasteiger partial charge in [0.2, 0.25) is 0 Å². The number of ether oxygens (including phenoxy) is 1. The van der Waals surface area contributed by atoms with Gasteiger partial charge in [0.1, 0.15) is 17.3 Å². The Labute approximate surface area is 146 Å². The molecule has 0 spiro atoms. The Morgan fingerprint density at radius 2 is 1.77 bits per heavy atom. The van der Waals surface area contributed by atoms with E-state index in [4.69, 9.17) is 9.26 Å². The number of halogens is 1. The summed E-state index contributed by atoms with van der Waals surface area (Å²) in [5, 5.41) is 2.57. The minimum atomic E-state index is -0.573. The van der Waals surface area contributed by atoms with E-state index in [1.165, 1.54) is 30.5 Å². The van der Waals surface area contributed by atoms with Crippen molar-refractivity contribution in [1.29, 1.82) is 0 Å². The summed E-state index contributed by atoms with van der Waals surface area (Å²) in [5.41, 5.74) is 0.976. The van der Waals surface area contributed by atoms with E-state index in [2.05, 4.69) is 15.1 Å². The molecule has 0 aliphatic rings. The summed E-state index contributed by atoms with van der Waals surface area (Å²) in [6, 6.07) is 16.4. The number of benzene rings is 2. The summed E-state index contributed by atoms with van der Waals surface area (Å²) < 4.78 is 23.7. The van der Waals surface area contributed by atoms with Crippen LogP contribution < -0.4 is 10.4 Å². The first kappa shape index (κ1) is 15.8. The number of para-hydroxylation sites is 1. The van der Waals surface area contributed by atoms with Gasteiger partial charge >= 0.3 is 11.6 Å². The summed E-state index contributed by atoms with van der Waals surface area (Å²) >= 11 is 0. The lowest BCUT2D eigenvalue weighted by Gasteiger charge is -2.05. The quantitative estimate of drug-likeness (QED) is 0.602. The first-order valence-corrected chi connectivity index (χ1v) is 7.74. The van der Waals surface area contributed by atoms with Crippen LogP contribution in [0, 0.1) is 5.82 Å². The highest BCUT2D eigenvalue weighted by atomic mass is 19.1. The van der Waals surface area contributed by atoms with Crippen LogP contribution in [0.2, 0.25) is 0 Å². The van der Waals surface area contributed by atoms with Gasteiger partial charge in [0, 0.05) is 6.20 Å². The number of nitrogens with zero attached hydrogens (tertiary/aromatic N) is 2. The average Bonchev–Trinajstić information content (AvgIpc) is 3.05. The molecule has 7 heteroatoms. The Kier molecular flexibility index (Phi) is 4.03. The van der Waals surface area contributed by atoms with Gasteiger partial charge in [-0.15, -0.1) is 0 Å². The Hall–Kier alpha value is -3.74. The second-order valence-corrected chi connectivity index (χ2v) is 5.39. The number of nitrogens with one attached hydrogen (secondary N) is 1. The highest BCUT2D eigenvalue weighted by molar-refractivity contribution is 5.78. The zero-order chi connectivity index (χ0) is 17.9. The molecule has 0 saturated carbocycles. The summed E-state index contributed by atoms with van der Waals surface area (Å²) in [4.78, 5) is 20.5. The van der Waals surface area contributed by atoms with Crippen LogP contribution in [0.25, 0.3) is 22.5 Å². The fourth-order valence-electron chi connectivity index (χ4n) is 2.48. The molecule has 4 rings (SSSR count). The molecule has 26 heavy (non-hydrogen) atoms. The average molecular weight is 349 g/mol. The van der Waals surface area contributed by atoms with Crippen molar-refractivity contribution in [2.75, 3.05) is 0 Å². The molecule has 2 heterocycles. The number of hydrogen-bond donors (Lipinski definition) is 1. The van der Waals surface area contributed by atoms with E-state index in [0.717, 1.165) is 0 Å². The van der Waals surface area contributed by atoms with Crippen LogP contribution >= 0.6 is 0 Å². The molecule has 1 N–H and O–H groups in total. The Morgan fingerprint density at radius 3 is 2.54 bits per heavy atom. The van der Waals surface area contributed by atoms with Gasteiger partial charge in [0.05, 0.1) is 11.3 Å². The zero-order valence-electron chi connectivity index (χ0n) is 13.3. The van der Waals surface area contributed by atoms with Gasteiger partial charge in [-0.2, -0.15) is 4.98 Å².